The van der Waals surface area contributed by atoms with Crippen molar-refractivity contribution in [3.05, 3.63) is 54.1 Å². The molecule has 0 heterocycles. The zero-order chi connectivity index (χ0) is 12.3. The standard InChI is InChI=1S/C14H11FO2/c15-9-3-6-13(16)12-8-7-10-4-1-2-5-11(10)14(12)17/h1-8,17H,9H2/b6-3+. The quantitative estimate of drug-likeness (QED) is 0.649. The SMILES string of the molecule is O=C(/C=C/CF)c1ccc2ccccc2c1O. The normalized spacial score (nSPS) is 11.1. The van der Waals surface area contributed by atoms with Gasteiger partial charge < -0.3 is 5.11 Å². The summed E-state index contributed by atoms with van der Waals surface area (Å²) in [5.74, 6) is -0.456. The van der Waals surface area contributed by atoms with Crippen molar-refractivity contribution in [3.63, 3.8) is 0 Å². The number of alkyl halides is 1. The van der Waals surface area contributed by atoms with Crippen LogP contribution in [0.5, 0.6) is 5.75 Å². The zero-order valence-electron chi connectivity index (χ0n) is 9.06. The van der Waals surface area contributed by atoms with Gasteiger partial charge in [-0.3, -0.25) is 4.79 Å². The molecule has 0 spiro atoms. The Bertz CT molecular complexity index is 588. The molecule has 0 aliphatic heterocycles. The van der Waals surface area contributed by atoms with Crippen molar-refractivity contribution in [3.8, 4) is 5.75 Å². The zero-order valence-corrected chi connectivity index (χ0v) is 9.06. The van der Waals surface area contributed by atoms with Gasteiger partial charge in [0.05, 0.1) is 5.56 Å². The predicted molar refractivity (Wildman–Crippen MR) is 65.1 cm³/mol. The van der Waals surface area contributed by atoms with Crippen LogP contribution >= 0.6 is 0 Å². The number of allylic oxidation sites excluding steroid dienone is 2. The van der Waals surface area contributed by atoms with Gasteiger partial charge in [0, 0.05) is 5.39 Å². The number of phenols is 1. The van der Waals surface area contributed by atoms with Crippen LogP contribution in [0.4, 0.5) is 4.39 Å². The van der Waals surface area contributed by atoms with E-state index in [9.17, 15) is 14.3 Å². The van der Waals surface area contributed by atoms with Gasteiger partial charge in [-0.25, -0.2) is 4.39 Å². The Morgan fingerprint density at radius 2 is 2.00 bits per heavy atom. The van der Waals surface area contributed by atoms with E-state index in [-0.39, 0.29) is 11.3 Å². The first-order valence-corrected chi connectivity index (χ1v) is 5.21. The highest BCUT2D eigenvalue weighted by Crippen LogP contribution is 2.28. The molecule has 2 nitrogen and oxygen atoms in total. The molecule has 1 N–H and O–H groups in total. The summed E-state index contributed by atoms with van der Waals surface area (Å²) in [6, 6.07) is 10.5. The summed E-state index contributed by atoms with van der Waals surface area (Å²) < 4.78 is 11.9. The van der Waals surface area contributed by atoms with Gasteiger partial charge in [0.1, 0.15) is 12.4 Å². The summed E-state index contributed by atoms with van der Waals surface area (Å²) in [7, 11) is 0. The van der Waals surface area contributed by atoms with Gasteiger partial charge in [-0.1, -0.05) is 30.3 Å². The number of fused-ring (bicyclic) bond motifs is 1. The van der Waals surface area contributed by atoms with Crippen molar-refractivity contribution < 1.29 is 14.3 Å². The molecule has 0 bridgehead atoms. The third-order valence-electron chi connectivity index (χ3n) is 2.52. The topological polar surface area (TPSA) is 37.3 Å². The summed E-state index contributed by atoms with van der Waals surface area (Å²) in [5.41, 5.74) is 0.188. The first-order chi connectivity index (χ1) is 8.24. The second-order valence-corrected chi connectivity index (χ2v) is 3.60. The summed E-state index contributed by atoms with van der Waals surface area (Å²) in [5, 5.41) is 11.4. The molecule has 0 atom stereocenters. The molecule has 17 heavy (non-hydrogen) atoms. The lowest BCUT2D eigenvalue weighted by molar-refractivity contribution is 0.104. The van der Waals surface area contributed by atoms with Gasteiger partial charge in [0.15, 0.2) is 5.78 Å². The molecule has 0 amide bonds. The fraction of sp³-hybridized carbons (Fsp3) is 0.0714. The Balaban J connectivity index is 2.53. The maximum absolute atomic E-state index is 11.9. The van der Waals surface area contributed by atoms with Crippen LogP contribution < -0.4 is 0 Å². The van der Waals surface area contributed by atoms with E-state index in [0.29, 0.717) is 5.39 Å². The number of halogens is 1. The van der Waals surface area contributed by atoms with E-state index in [1.165, 1.54) is 0 Å². The van der Waals surface area contributed by atoms with Crippen LogP contribution in [0.25, 0.3) is 10.8 Å². The molecular formula is C14H11FO2. The molecule has 3 heteroatoms. The molecule has 0 saturated carbocycles. The van der Waals surface area contributed by atoms with Crippen LogP contribution in [-0.2, 0) is 0 Å². The molecule has 86 valence electrons. The molecule has 0 aromatic heterocycles. The number of hydrogen-bond donors (Lipinski definition) is 1. The molecule has 0 aliphatic rings. The lowest BCUT2D eigenvalue weighted by Gasteiger charge is -2.04. The van der Waals surface area contributed by atoms with Crippen LogP contribution in [0.1, 0.15) is 10.4 Å². The lowest BCUT2D eigenvalue weighted by atomic mass is 10.0. The highest BCUT2D eigenvalue weighted by molar-refractivity contribution is 6.10. The van der Waals surface area contributed by atoms with E-state index in [4.69, 9.17) is 0 Å². The predicted octanol–water partition coefficient (Wildman–Crippen LogP) is 3.25. The number of ketones is 1. The Labute approximate surface area is 98.0 Å². The monoisotopic (exact) mass is 230 g/mol. The van der Waals surface area contributed by atoms with Crippen LogP contribution in [0.3, 0.4) is 0 Å². The fourth-order valence-corrected chi connectivity index (χ4v) is 1.70. The van der Waals surface area contributed by atoms with E-state index in [2.05, 4.69) is 0 Å². The molecule has 0 aliphatic carbocycles. The maximum atomic E-state index is 11.9. The van der Waals surface area contributed by atoms with Crippen LogP contribution in [-0.4, -0.2) is 17.6 Å². The van der Waals surface area contributed by atoms with Gasteiger partial charge in [-0.05, 0) is 23.6 Å². The summed E-state index contributed by atoms with van der Waals surface area (Å²) in [4.78, 5) is 11.7. The van der Waals surface area contributed by atoms with Crippen molar-refractivity contribution in [2.75, 3.05) is 6.67 Å². The van der Waals surface area contributed by atoms with Crippen LogP contribution in [0.2, 0.25) is 0 Å². The Kier molecular flexibility index (Phi) is 3.19. The molecule has 2 aromatic carbocycles. The van der Waals surface area contributed by atoms with Gasteiger partial charge in [-0.2, -0.15) is 0 Å². The smallest absolute Gasteiger partial charge is 0.189 e. The number of rotatable bonds is 3. The van der Waals surface area contributed by atoms with Crippen molar-refractivity contribution in [2.24, 2.45) is 0 Å². The van der Waals surface area contributed by atoms with Crippen LogP contribution in [0, 0.1) is 0 Å². The second kappa shape index (κ2) is 4.78. The number of aromatic hydroxyl groups is 1. The van der Waals surface area contributed by atoms with Crippen molar-refractivity contribution >= 4 is 16.6 Å². The average molecular weight is 230 g/mol. The molecule has 0 saturated heterocycles. The third-order valence-corrected chi connectivity index (χ3v) is 2.52. The minimum Gasteiger partial charge on any atom is -0.507 e. The van der Waals surface area contributed by atoms with E-state index in [0.717, 1.165) is 17.5 Å². The number of hydrogen-bond acceptors (Lipinski definition) is 2. The molecule has 2 rings (SSSR count). The van der Waals surface area contributed by atoms with Gasteiger partial charge in [-0.15, -0.1) is 0 Å². The molecule has 0 radical (unpaired) electrons. The fourth-order valence-electron chi connectivity index (χ4n) is 1.70. The summed E-state index contributed by atoms with van der Waals surface area (Å²) in [6.07, 6.45) is 2.25. The first kappa shape index (κ1) is 11.3. The van der Waals surface area contributed by atoms with E-state index in [1.54, 1.807) is 24.3 Å². The van der Waals surface area contributed by atoms with E-state index in [1.807, 2.05) is 12.1 Å². The van der Waals surface area contributed by atoms with E-state index >= 15 is 0 Å². The number of carbonyl (C=O) groups excluding carboxylic acids is 1. The largest absolute Gasteiger partial charge is 0.507 e. The highest BCUT2D eigenvalue weighted by atomic mass is 19.1. The third kappa shape index (κ3) is 2.18. The second-order valence-electron chi connectivity index (χ2n) is 3.60. The van der Waals surface area contributed by atoms with Crippen LogP contribution in [0.15, 0.2) is 48.6 Å². The Morgan fingerprint density at radius 3 is 2.76 bits per heavy atom. The molecule has 0 fully saturated rings. The van der Waals surface area contributed by atoms with Crippen molar-refractivity contribution in [1.82, 2.24) is 0 Å². The minimum atomic E-state index is -0.694. The molecule has 2 aromatic rings. The summed E-state index contributed by atoms with van der Waals surface area (Å²) >= 11 is 0. The van der Waals surface area contributed by atoms with Gasteiger partial charge in [0.25, 0.3) is 0 Å². The number of benzene rings is 2. The van der Waals surface area contributed by atoms with Crippen molar-refractivity contribution in [2.45, 2.75) is 0 Å². The Morgan fingerprint density at radius 1 is 1.24 bits per heavy atom. The first-order valence-electron chi connectivity index (χ1n) is 5.21. The highest BCUT2D eigenvalue weighted by Gasteiger charge is 2.10. The van der Waals surface area contributed by atoms with Gasteiger partial charge >= 0.3 is 0 Å². The van der Waals surface area contributed by atoms with E-state index < -0.39 is 12.5 Å². The Hall–Kier alpha value is -2.16. The summed E-state index contributed by atoms with van der Waals surface area (Å²) in [6.45, 7) is -0.694. The molecule has 0 unspecified atom stereocenters. The minimum absolute atomic E-state index is 0.0587. The molecular weight excluding hydrogens is 219 g/mol. The van der Waals surface area contributed by atoms with Gasteiger partial charge in [0.2, 0.25) is 0 Å². The number of phenolic OH excluding ortho intramolecular Hbond substituents is 1. The average Bonchev–Trinajstić information content (AvgIpc) is 2.37. The number of carbonyl (C=O) groups is 1. The van der Waals surface area contributed by atoms with Crippen molar-refractivity contribution in [1.29, 1.82) is 0 Å². The lowest BCUT2D eigenvalue weighted by Crippen LogP contribution is -1.95. The maximum Gasteiger partial charge on any atom is 0.189 e.